The van der Waals surface area contributed by atoms with E-state index in [4.69, 9.17) is 16.2 Å². The monoisotopic (exact) mass is 235 g/mol. The van der Waals surface area contributed by atoms with E-state index >= 15 is 0 Å². The molecule has 4 heteroatoms. The minimum atomic E-state index is 0.585. The predicted octanol–water partition coefficient (Wildman–Crippen LogP) is 1.72. The molecule has 17 heavy (non-hydrogen) atoms. The molecule has 1 fully saturated rings. The van der Waals surface area contributed by atoms with Gasteiger partial charge in [0.15, 0.2) is 0 Å². The van der Waals surface area contributed by atoms with E-state index in [0.29, 0.717) is 11.4 Å². The molecule has 0 aliphatic carbocycles. The predicted molar refractivity (Wildman–Crippen MR) is 71.1 cm³/mol. The van der Waals surface area contributed by atoms with Crippen LogP contribution in [0.3, 0.4) is 0 Å². The highest BCUT2D eigenvalue weighted by Crippen LogP contribution is 2.21. The quantitative estimate of drug-likeness (QED) is 0.602. The van der Waals surface area contributed by atoms with Crippen molar-refractivity contribution in [2.75, 3.05) is 37.7 Å². The van der Waals surface area contributed by atoms with Crippen molar-refractivity contribution in [1.82, 2.24) is 4.90 Å². The van der Waals surface area contributed by atoms with E-state index in [1.165, 1.54) is 25.9 Å². The SMILES string of the molecule is Nc1ccc(OCCCN2CCCC2)cc1N. The van der Waals surface area contributed by atoms with E-state index in [-0.39, 0.29) is 0 Å². The summed E-state index contributed by atoms with van der Waals surface area (Å²) in [7, 11) is 0. The molecule has 1 aliphatic rings. The van der Waals surface area contributed by atoms with Crippen molar-refractivity contribution >= 4 is 11.4 Å². The van der Waals surface area contributed by atoms with E-state index in [0.717, 1.165) is 25.3 Å². The van der Waals surface area contributed by atoms with Gasteiger partial charge in [-0.2, -0.15) is 0 Å². The zero-order valence-electron chi connectivity index (χ0n) is 10.2. The average molecular weight is 235 g/mol. The first-order chi connectivity index (χ1) is 8.25. The van der Waals surface area contributed by atoms with Crippen LogP contribution in [0.5, 0.6) is 5.75 Å². The highest BCUT2D eigenvalue weighted by atomic mass is 16.5. The standard InChI is InChI=1S/C13H21N3O/c14-12-5-4-11(10-13(12)15)17-9-3-8-16-6-1-2-7-16/h4-5,10H,1-3,6-9,14-15H2. The van der Waals surface area contributed by atoms with Gasteiger partial charge in [0.1, 0.15) is 5.75 Å². The fourth-order valence-corrected chi connectivity index (χ4v) is 2.13. The Balaban J connectivity index is 1.68. The molecule has 0 spiro atoms. The molecule has 2 rings (SSSR count). The minimum Gasteiger partial charge on any atom is -0.493 e. The van der Waals surface area contributed by atoms with Gasteiger partial charge in [-0.05, 0) is 44.5 Å². The molecule has 1 aromatic carbocycles. The molecule has 0 saturated carbocycles. The highest BCUT2D eigenvalue weighted by Gasteiger charge is 2.10. The van der Waals surface area contributed by atoms with Gasteiger partial charge >= 0.3 is 0 Å². The molecule has 1 heterocycles. The lowest BCUT2D eigenvalue weighted by Gasteiger charge is -2.14. The maximum atomic E-state index is 5.71. The second kappa shape index (κ2) is 5.77. The summed E-state index contributed by atoms with van der Waals surface area (Å²) < 4.78 is 5.64. The minimum absolute atomic E-state index is 0.585. The smallest absolute Gasteiger partial charge is 0.121 e. The van der Waals surface area contributed by atoms with E-state index < -0.39 is 0 Å². The van der Waals surface area contributed by atoms with Crippen molar-refractivity contribution < 1.29 is 4.74 Å². The molecular weight excluding hydrogens is 214 g/mol. The molecule has 94 valence electrons. The number of rotatable bonds is 5. The Kier molecular flexibility index (Phi) is 4.09. The summed E-state index contributed by atoms with van der Waals surface area (Å²) >= 11 is 0. The lowest BCUT2D eigenvalue weighted by atomic mass is 10.2. The molecule has 0 atom stereocenters. The molecule has 0 aromatic heterocycles. The van der Waals surface area contributed by atoms with Crippen molar-refractivity contribution in [2.45, 2.75) is 19.3 Å². The Labute approximate surface area is 103 Å². The third-order valence-electron chi connectivity index (χ3n) is 3.14. The average Bonchev–Trinajstić information content (AvgIpc) is 2.82. The van der Waals surface area contributed by atoms with Gasteiger partial charge in [0, 0.05) is 12.6 Å². The molecule has 0 unspecified atom stereocenters. The van der Waals surface area contributed by atoms with Crippen LogP contribution < -0.4 is 16.2 Å². The molecule has 4 nitrogen and oxygen atoms in total. The molecule has 0 bridgehead atoms. The summed E-state index contributed by atoms with van der Waals surface area (Å²) in [6.07, 6.45) is 3.75. The Morgan fingerprint density at radius 3 is 2.59 bits per heavy atom. The molecule has 0 amide bonds. The lowest BCUT2D eigenvalue weighted by molar-refractivity contribution is 0.263. The fraction of sp³-hybridized carbons (Fsp3) is 0.538. The number of nitrogens with two attached hydrogens (primary N) is 2. The summed E-state index contributed by atoms with van der Waals surface area (Å²) in [5.41, 5.74) is 12.5. The van der Waals surface area contributed by atoms with E-state index in [2.05, 4.69) is 4.90 Å². The van der Waals surface area contributed by atoms with Crippen molar-refractivity contribution in [2.24, 2.45) is 0 Å². The Morgan fingerprint density at radius 2 is 1.88 bits per heavy atom. The second-order valence-corrected chi connectivity index (χ2v) is 4.54. The zero-order valence-corrected chi connectivity index (χ0v) is 10.2. The summed E-state index contributed by atoms with van der Waals surface area (Å²) in [6, 6.07) is 5.43. The van der Waals surface area contributed by atoms with Crippen LogP contribution in [0.4, 0.5) is 11.4 Å². The van der Waals surface area contributed by atoms with Crippen LogP contribution in [0.1, 0.15) is 19.3 Å². The van der Waals surface area contributed by atoms with Crippen LogP contribution in [0.2, 0.25) is 0 Å². The summed E-state index contributed by atoms with van der Waals surface area (Å²) in [6.45, 7) is 4.36. The maximum Gasteiger partial charge on any atom is 0.121 e. The van der Waals surface area contributed by atoms with Gasteiger partial charge in [-0.15, -0.1) is 0 Å². The van der Waals surface area contributed by atoms with Crippen LogP contribution >= 0.6 is 0 Å². The number of anilines is 2. The normalized spacial score (nSPS) is 16.2. The lowest BCUT2D eigenvalue weighted by Crippen LogP contribution is -2.21. The number of likely N-dealkylation sites (tertiary alicyclic amines) is 1. The molecule has 1 aliphatic heterocycles. The van der Waals surface area contributed by atoms with Gasteiger partial charge in [0.05, 0.1) is 18.0 Å². The van der Waals surface area contributed by atoms with Crippen molar-refractivity contribution in [3.05, 3.63) is 18.2 Å². The first-order valence-electron chi connectivity index (χ1n) is 6.26. The van der Waals surface area contributed by atoms with Crippen LogP contribution in [0, 0.1) is 0 Å². The number of hydrogen-bond acceptors (Lipinski definition) is 4. The number of benzene rings is 1. The third-order valence-corrected chi connectivity index (χ3v) is 3.14. The summed E-state index contributed by atoms with van der Waals surface area (Å²) in [4.78, 5) is 2.49. The first-order valence-corrected chi connectivity index (χ1v) is 6.26. The molecular formula is C13H21N3O. The summed E-state index contributed by atoms with van der Waals surface area (Å²) in [5, 5.41) is 0. The van der Waals surface area contributed by atoms with Crippen LogP contribution in [-0.4, -0.2) is 31.1 Å². The van der Waals surface area contributed by atoms with Crippen LogP contribution in [0.25, 0.3) is 0 Å². The largest absolute Gasteiger partial charge is 0.493 e. The summed E-state index contributed by atoms with van der Waals surface area (Å²) in [5.74, 6) is 0.804. The van der Waals surface area contributed by atoms with Gasteiger partial charge in [-0.25, -0.2) is 0 Å². The molecule has 4 N–H and O–H groups in total. The van der Waals surface area contributed by atoms with Gasteiger partial charge in [0.2, 0.25) is 0 Å². The van der Waals surface area contributed by atoms with Gasteiger partial charge in [-0.1, -0.05) is 0 Å². The number of hydrogen-bond donors (Lipinski definition) is 2. The molecule has 1 aromatic rings. The molecule has 1 saturated heterocycles. The van der Waals surface area contributed by atoms with Gasteiger partial charge < -0.3 is 21.1 Å². The Bertz CT molecular complexity index is 362. The highest BCUT2D eigenvalue weighted by molar-refractivity contribution is 5.65. The molecule has 0 radical (unpaired) electrons. The van der Waals surface area contributed by atoms with Crippen LogP contribution in [0.15, 0.2) is 18.2 Å². The first kappa shape index (κ1) is 12.0. The number of nitrogens with zero attached hydrogens (tertiary/aromatic N) is 1. The second-order valence-electron chi connectivity index (χ2n) is 4.54. The van der Waals surface area contributed by atoms with E-state index in [1.807, 2.05) is 6.07 Å². The van der Waals surface area contributed by atoms with Crippen molar-refractivity contribution in [3.63, 3.8) is 0 Å². The number of nitrogen functional groups attached to an aromatic ring is 2. The van der Waals surface area contributed by atoms with E-state index in [9.17, 15) is 0 Å². The number of ether oxygens (including phenoxy) is 1. The fourth-order valence-electron chi connectivity index (χ4n) is 2.13. The topological polar surface area (TPSA) is 64.5 Å². The van der Waals surface area contributed by atoms with Crippen LogP contribution in [-0.2, 0) is 0 Å². The Hall–Kier alpha value is -1.42. The Morgan fingerprint density at radius 1 is 1.12 bits per heavy atom. The third kappa shape index (κ3) is 3.53. The van der Waals surface area contributed by atoms with Crippen molar-refractivity contribution in [1.29, 1.82) is 0 Å². The van der Waals surface area contributed by atoms with Gasteiger partial charge in [0.25, 0.3) is 0 Å². The van der Waals surface area contributed by atoms with E-state index in [1.54, 1.807) is 12.1 Å². The van der Waals surface area contributed by atoms with Gasteiger partial charge in [-0.3, -0.25) is 0 Å². The maximum absolute atomic E-state index is 5.71. The van der Waals surface area contributed by atoms with Crippen molar-refractivity contribution in [3.8, 4) is 5.75 Å². The zero-order chi connectivity index (χ0) is 12.1.